The quantitative estimate of drug-likeness (QED) is 0.0741. The molecule has 0 aliphatic carbocycles. The number of phenols is 1. The molecular weight excluding hydrogens is 939 g/mol. The number of rotatable bonds is 6. The number of hydrogen-bond acceptors (Lipinski definition) is 17. The van der Waals surface area contributed by atoms with Crippen molar-refractivity contribution < 1.29 is 53.4 Å². The summed E-state index contributed by atoms with van der Waals surface area (Å²) in [7, 11) is 1.44. The number of carbonyl (C=O) groups is 2. The van der Waals surface area contributed by atoms with Crippen molar-refractivity contribution in [1.29, 1.82) is 0 Å². The van der Waals surface area contributed by atoms with E-state index < -0.39 is 88.1 Å². The molecule has 18 nitrogen and oxygen atoms in total. The second kappa shape index (κ2) is 20.9. The second-order valence-electron chi connectivity index (χ2n) is 20.3. The first-order valence-electron chi connectivity index (χ1n) is 24.7. The van der Waals surface area contributed by atoms with Crippen molar-refractivity contribution in [2.24, 2.45) is 29.6 Å². The smallest absolute Gasteiger partial charge is 0.338 e. The number of anilines is 2. The fourth-order valence-electron chi connectivity index (χ4n) is 10.3. The maximum absolute atomic E-state index is 15.0. The zero-order valence-electron chi connectivity index (χ0n) is 42.8. The number of methoxy groups -OCH3 is 1. The molecule has 0 saturated carbocycles. The van der Waals surface area contributed by atoms with Gasteiger partial charge in [0.1, 0.15) is 28.8 Å². The molecule has 0 radical (unpaired) electrons. The third-order valence-electron chi connectivity index (χ3n) is 14.6. The van der Waals surface area contributed by atoms with Gasteiger partial charge >= 0.3 is 11.8 Å². The molecule has 388 valence electrons. The number of carbonyl (C=O) groups excluding carboxylic acids is 2. The highest BCUT2D eigenvalue weighted by atomic mass is 16.7. The summed E-state index contributed by atoms with van der Waals surface area (Å²) >= 11 is 0. The lowest BCUT2D eigenvalue weighted by molar-refractivity contribution is -0.112. The first kappa shape index (κ1) is 52.5. The number of esters is 1. The number of nitrogens with one attached hydrogen (secondary N) is 1. The van der Waals surface area contributed by atoms with Crippen molar-refractivity contribution in [3.8, 4) is 11.5 Å². The Hall–Kier alpha value is -6.86. The van der Waals surface area contributed by atoms with Crippen LogP contribution in [0.5, 0.6) is 11.5 Å². The molecule has 5 aromatic rings. The number of nitrogens with zero attached hydrogens (tertiary/aromatic N) is 4. The molecule has 1 amide bonds. The van der Waals surface area contributed by atoms with Crippen LogP contribution in [0.1, 0.15) is 71.3 Å². The van der Waals surface area contributed by atoms with Crippen LogP contribution in [0.2, 0.25) is 0 Å². The molecule has 6 heterocycles. The zero-order chi connectivity index (χ0) is 52.8. The molecule has 5 N–H and O–H groups in total. The van der Waals surface area contributed by atoms with E-state index in [1.165, 1.54) is 76.9 Å². The number of aromatic nitrogens is 2. The van der Waals surface area contributed by atoms with Crippen LogP contribution in [-0.2, 0) is 19.0 Å². The predicted octanol–water partition coefficient (Wildman–Crippen LogP) is 6.03. The standard InChI is InChI=1S/C55H65N5O13/c1-27(2)26-59-19-21-60(22-20-59)35-24-36(61)42-38(25-35)71-51-43(57-42)39-40-47(64)33(8)50-41(39)52(66)55(9,73-50)70-23-16-37(69-10)30(5)49(72-54(68)34-14-17-56-18-15-34)32(7)46(63)31(6)45(62)28(3)12-11-13-29(4)53(67)58-44(51)48(40)65/h11-18,23-25,27-28,30-32,37,45-46,49,62-64,66H,19-22,26H2,1-10H3,(H,58,67)/b12-11+,23-16+,29-13-. The molecule has 4 aliphatic rings. The summed E-state index contributed by atoms with van der Waals surface area (Å²) in [5.74, 6) is -6.82. The minimum absolute atomic E-state index is 0.0329. The van der Waals surface area contributed by atoms with Gasteiger partial charge in [0, 0.05) is 117 Å². The van der Waals surface area contributed by atoms with E-state index in [-0.39, 0.29) is 66.3 Å². The Morgan fingerprint density at radius 1 is 0.932 bits per heavy atom. The number of aliphatic hydroxyl groups excluding tert-OH is 3. The Bertz CT molecular complexity index is 3220. The van der Waals surface area contributed by atoms with E-state index in [0.717, 1.165) is 19.6 Å². The van der Waals surface area contributed by atoms with Crippen molar-refractivity contribution in [1.82, 2.24) is 14.9 Å². The predicted molar refractivity (Wildman–Crippen MR) is 276 cm³/mol. The number of aromatic hydroxyl groups is 1. The third-order valence-corrected chi connectivity index (χ3v) is 14.6. The molecule has 1 saturated heterocycles. The highest BCUT2D eigenvalue weighted by molar-refractivity contribution is 6.17. The van der Waals surface area contributed by atoms with Gasteiger partial charge in [-0.25, -0.2) is 9.78 Å². The third kappa shape index (κ3) is 10.0. The van der Waals surface area contributed by atoms with Crippen molar-refractivity contribution in [3.63, 3.8) is 0 Å². The van der Waals surface area contributed by atoms with E-state index in [1.807, 2.05) is 0 Å². The molecule has 0 spiro atoms. The number of amides is 1. The van der Waals surface area contributed by atoms with Gasteiger partial charge in [-0.15, -0.1) is 0 Å². The second-order valence-corrected chi connectivity index (χ2v) is 20.3. The van der Waals surface area contributed by atoms with Crippen molar-refractivity contribution in [2.45, 2.75) is 92.5 Å². The van der Waals surface area contributed by atoms with E-state index >= 15 is 0 Å². The summed E-state index contributed by atoms with van der Waals surface area (Å²) in [5.41, 5.74) is -1.20. The molecule has 9 rings (SSSR count). The number of pyridine rings is 1. The highest BCUT2D eigenvalue weighted by Gasteiger charge is 2.44. The minimum atomic E-state index is -2.01. The molecule has 4 aliphatic heterocycles. The van der Waals surface area contributed by atoms with Gasteiger partial charge in [0.15, 0.2) is 22.4 Å². The lowest BCUT2D eigenvalue weighted by atomic mass is 9.78. The number of hydrogen-bond donors (Lipinski definition) is 5. The van der Waals surface area contributed by atoms with Crippen LogP contribution >= 0.6 is 0 Å². The van der Waals surface area contributed by atoms with E-state index in [1.54, 1.807) is 45.9 Å². The number of fused-ring (bicyclic) bond motifs is 14. The fraction of sp³-hybridized carbons (Fsp3) is 0.455. The molecule has 2 aromatic heterocycles. The molecule has 73 heavy (non-hydrogen) atoms. The monoisotopic (exact) mass is 1000 g/mol. The summed E-state index contributed by atoms with van der Waals surface area (Å²) in [6.07, 6.45) is 6.21. The van der Waals surface area contributed by atoms with Gasteiger partial charge in [0.05, 0.1) is 40.7 Å². The van der Waals surface area contributed by atoms with Crippen molar-refractivity contribution in [3.05, 3.63) is 110 Å². The van der Waals surface area contributed by atoms with E-state index in [9.17, 15) is 39.6 Å². The first-order valence-corrected chi connectivity index (χ1v) is 24.7. The van der Waals surface area contributed by atoms with Gasteiger partial charge < -0.3 is 54.0 Å². The Labute approximate surface area is 422 Å². The normalized spacial score (nSPS) is 28.2. The van der Waals surface area contributed by atoms with E-state index in [2.05, 4.69) is 33.9 Å². The van der Waals surface area contributed by atoms with Gasteiger partial charge in [-0.05, 0) is 38.0 Å². The Balaban J connectivity index is 1.31. The van der Waals surface area contributed by atoms with Gasteiger partial charge in [0.2, 0.25) is 10.9 Å². The van der Waals surface area contributed by atoms with Crippen LogP contribution in [0.4, 0.5) is 11.4 Å². The Kier molecular flexibility index (Phi) is 15.0. The SMILES string of the molecule is COC1/C=C/OC2(C)Oc3c(C)c(O)c4c(=O)c(c5oc6cc(N7CCN(CC(C)C)CC7)cc(=O)c6nc5c4c3=C2O)NC(=O)/C(C)=C\C=C\C(C)C(O)C(C)C(O)C(C)C(OC(=O)c2ccncc2)C1C. The average Bonchev–Trinajstić information content (AvgIpc) is 3.64. The maximum Gasteiger partial charge on any atom is 0.338 e. The zero-order valence-corrected chi connectivity index (χ0v) is 42.8. The number of piperazine rings is 1. The lowest BCUT2D eigenvalue weighted by Gasteiger charge is -2.38. The van der Waals surface area contributed by atoms with Crippen LogP contribution in [0.15, 0.2) is 86.8 Å². The summed E-state index contributed by atoms with van der Waals surface area (Å²) in [6.45, 7) is 19.5. The van der Waals surface area contributed by atoms with Crippen LogP contribution in [0.3, 0.4) is 0 Å². The van der Waals surface area contributed by atoms with E-state index in [0.29, 0.717) is 24.7 Å². The molecule has 3 aromatic carbocycles. The summed E-state index contributed by atoms with van der Waals surface area (Å²) < 4.78 is 31.1. The van der Waals surface area contributed by atoms with Gasteiger partial charge in [0.25, 0.3) is 5.91 Å². The van der Waals surface area contributed by atoms with Crippen LogP contribution < -0.4 is 31.0 Å². The Morgan fingerprint density at radius 3 is 2.30 bits per heavy atom. The summed E-state index contributed by atoms with van der Waals surface area (Å²) in [5, 5.41) is 49.9. The number of benzene rings is 3. The van der Waals surface area contributed by atoms with Crippen molar-refractivity contribution in [2.75, 3.05) is 50.1 Å². The first-order chi connectivity index (χ1) is 34.6. The van der Waals surface area contributed by atoms with Crippen LogP contribution in [0, 0.1) is 36.5 Å². The molecular formula is C55H65N5O13. The molecule has 5 bridgehead atoms. The molecule has 9 unspecified atom stereocenters. The largest absolute Gasteiger partial charge is 0.507 e. The maximum atomic E-state index is 15.0. The molecule has 1 fully saturated rings. The topological polar surface area (TPSA) is 244 Å². The van der Waals surface area contributed by atoms with Gasteiger partial charge in [-0.2, -0.15) is 0 Å². The lowest BCUT2D eigenvalue weighted by Crippen LogP contribution is -2.47. The highest BCUT2D eigenvalue weighted by Crippen LogP contribution is 2.42. The summed E-state index contributed by atoms with van der Waals surface area (Å²) in [4.78, 5) is 70.1. The number of phenolic OH excluding ortho intramolecular Hbond substituents is 1. The van der Waals surface area contributed by atoms with Crippen LogP contribution in [0.25, 0.3) is 38.7 Å². The molecule has 18 heteroatoms. The van der Waals surface area contributed by atoms with Crippen LogP contribution in [-0.4, -0.2) is 117 Å². The van der Waals surface area contributed by atoms with E-state index in [4.69, 9.17) is 28.3 Å². The Morgan fingerprint density at radius 2 is 1.63 bits per heavy atom. The molecule has 9 atom stereocenters. The summed E-state index contributed by atoms with van der Waals surface area (Å²) in [6, 6.07) is 6.16. The number of aliphatic hydroxyl groups is 3. The van der Waals surface area contributed by atoms with Gasteiger partial charge in [-0.3, -0.25) is 24.3 Å². The van der Waals surface area contributed by atoms with Crippen molar-refractivity contribution >= 4 is 62.0 Å². The minimum Gasteiger partial charge on any atom is -0.507 e. The number of ether oxygens (including phenoxy) is 4. The van der Waals surface area contributed by atoms with Gasteiger partial charge in [-0.1, -0.05) is 59.8 Å². The fourth-order valence-corrected chi connectivity index (χ4v) is 10.3. The number of allylic oxidation sites excluding steroid dienone is 2. The average molecular weight is 1000 g/mol.